The molecule has 0 amide bonds. The third kappa shape index (κ3) is 4.25. The van der Waals surface area contributed by atoms with Crippen LogP contribution in [0.4, 0.5) is 0 Å². The Morgan fingerprint density at radius 3 is 1.48 bits per heavy atom. The molecular weight excluding hydrogens is 631 g/mol. The molecule has 2 nitrogen and oxygen atoms in total. The van der Waals surface area contributed by atoms with Crippen LogP contribution in [0.5, 0.6) is 0 Å². The number of benzene rings is 9. The van der Waals surface area contributed by atoms with Crippen LogP contribution < -0.4 is 0 Å². The minimum atomic E-state index is 0.895. The molecule has 11 aromatic rings. The van der Waals surface area contributed by atoms with Crippen molar-refractivity contribution in [2.24, 2.45) is 0 Å². The molecule has 0 aliphatic rings. The number of nitrogens with zero attached hydrogens (tertiary/aromatic N) is 1. The predicted molar refractivity (Wildman–Crippen MR) is 219 cm³/mol. The zero-order valence-corrected chi connectivity index (χ0v) is 28.3. The average molecular weight is 662 g/mol. The number of hydrogen-bond donors (Lipinski definition) is 0. The van der Waals surface area contributed by atoms with E-state index in [0.29, 0.717) is 0 Å². The Balaban J connectivity index is 1.18. The standard InChI is InChI=1S/C50H31NO/c1-3-13-32(14-4-1)33-23-25-34(26-24-33)47-37-17-7-9-19-39(37)48(40-20-10-8-18-38(40)47)35-27-29-45-42(31-35)50-46(52-45)30-28-44-49(50)41-21-11-12-22-43(41)51(44)36-15-5-2-6-16-36/h1-31H. The van der Waals surface area contributed by atoms with E-state index in [0.717, 1.165) is 27.6 Å². The molecule has 2 heterocycles. The summed E-state index contributed by atoms with van der Waals surface area (Å²) in [5.74, 6) is 0. The number of para-hydroxylation sites is 2. The maximum Gasteiger partial charge on any atom is 0.136 e. The van der Waals surface area contributed by atoms with E-state index in [4.69, 9.17) is 4.42 Å². The van der Waals surface area contributed by atoms with Crippen molar-refractivity contribution in [3.05, 3.63) is 188 Å². The number of fused-ring (bicyclic) bond motifs is 9. The summed E-state index contributed by atoms with van der Waals surface area (Å²) < 4.78 is 8.97. The Hall–Kier alpha value is -6.90. The van der Waals surface area contributed by atoms with Gasteiger partial charge in [-0.1, -0.05) is 146 Å². The summed E-state index contributed by atoms with van der Waals surface area (Å²) >= 11 is 0. The highest BCUT2D eigenvalue weighted by atomic mass is 16.3. The number of furan rings is 1. The zero-order valence-electron chi connectivity index (χ0n) is 28.3. The van der Waals surface area contributed by atoms with Gasteiger partial charge < -0.3 is 8.98 Å². The average Bonchev–Trinajstić information content (AvgIpc) is 3.76. The highest BCUT2D eigenvalue weighted by Crippen LogP contribution is 2.46. The lowest BCUT2D eigenvalue weighted by Crippen LogP contribution is -1.92. The Bertz CT molecular complexity index is 3090. The van der Waals surface area contributed by atoms with Crippen molar-refractivity contribution in [2.45, 2.75) is 0 Å². The van der Waals surface area contributed by atoms with Crippen LogP contribution in [0.2, 0.25) is 0 Å². The summed E-state index contributed by atoms with van der Waals surface area (Å²) in [7, 11) is 0. The van der Waals surface area contributed by atoms with Crippen molar-refractivity contribution in [2.75, 3.05) is 0 Å². The van der Waals surface area contributed by atoms with Crippen molar-refractivity contribution >= 4 is 65.3 Å². The maximum atomic E-state index is 6.60. The molecular formula is C50H31NO. The first-order valence-electron chi connectivity index (χ1n) is 17.9. The van der Waals surface area contributed by atoms with Gasteiger partial charge in [0.25, 0.3) is 0 Å². The third-order valence-corrected chi connectivity index (χ3v) is 10.8. The molecule has 0 N–H and O–H groups in total. The van der Waals surface area contributed by atoms with Gasteiger partial charge in [0.15, 0.2) is 0 Å². The predicted octanol–water partition coefficient (Wildman–Crippen LogP) is 14.0. The zero-order chi connectivity index (χ0) is 34.2. The molecule has 0 radical (unpaired) electrons. The summed E-state index contributed by atoms with van der Waals surface area (Å²) in [5.41, 5.74) is 12.6. The second-order valence-electron chi connectivity index (χ2n) is 13.6. The molecule has 0 unspecified atom stereocenters. The van der Waals surface area contributed by atoms with Gasteiger partial charge in [-0.2, -0.15) is 0 Å². The van der Waals surface area contributed by atoms with Gasteiger partial charge in [0, 0.05) is 27.2 Å². The summed E-state index contributed by atoms with van der Waals surface area (Å²) in [4.78, 5) is 0. The molecule has 0 bridgehead atoms. The van der Waals surface area contributed by atoms with Gasteiger partial charge in [0.1, 0.15) is 11.2 Å². The molecule has 52 heavy (non-hydrogen) atoms. The lowest BCUT2D eigenvalue weighted by atomic mass is 9.85. The molecule has 2 heteroatoms. The first-order valence-corrected chi connectivity index (χ1v) is 17.9. The van der Waals surface area contributed by atoms with Gasteiger partial charge in [0.2, 0.25) is 0 Å². The Kier molecular flexibility index (Phi) is 6.28. The molecule has 2 aromatic heterocycles. The van der Waals surface area contributed by atoms with E-state index in [1.165, 1.54) is 76.7 Å². The van der Waals surface area contributed by atoms with Crippen molar-refractivity contribution in [3.8, 4) is 39.1 Å². The van der Waals surface area contributed by atoms with Crippen LogP contribution in [0.3, 0.4) is 0 Å². The molecule has 0 spiro atoms. The second kappa shape index (κ2) is 11.3. The van der Waals surface area contributed by atoms with Crippen LogP contribution in [-0.2, 0) is 0 Å². The van der Waals surface area contributed by atoms with Gasteiger partial charge in [-0.3, -0.25) is 0 Å². The van der Waals surface area contributed by atoms with Gasteiger partial charge in [-0.15, -0.1) is 0 Å². The van der Waals surface area contributed by atoms with Crippen molar-refractivity contribution < 1.29 is 4.42 Å². The highest BCUT2D eigenvalue weighted by Gasteiger charge is 2.21. The molecule has 11 rings (SSSR count). The summed E-state index contributed by atoms with van der Waals surface area (Å²) in [6, 6.07) is 67.9. The highest BCUT2D eigenvalue weighted by molar-refractivity contribution is 6.28. The van der Waals surface area contributed by atoms with Crippen LogP contribution in [0.25, 0.3) is 104 Å². The van der Waals surface area contributed by atoms with E-state index in [9.17, 15) is 0 Å². The Morgan fingerprint density at radius 1 is 0.308 bits per heavy atom. The summed E-state index contributed by atoms with van der Waals surface area (Å²) in [6.45, 7) is 0. The van der Waals surface area contributed by atoms with Crippen LogP contribution >= 0.6 is 0 Å². The molecule has 242 valence electrons. The van der Waals surface area contributed by atoms with E-state index < -0.39 is 0 Å². The van der Waals surface area contributed by atoms with E-state index in [2.05, 4.69) is 193 Å². The second-order valence-corrected chi connectivity index (χ2v) is 13.6. The lowest BCUT2D eigenvalue weighted by molar-refractivity contribution is 0.669. The van der Waals surface area contributed by atoms with Gasteiger partial charge in [0.05, 0.1) is 11.0 Å². The minimum absolute atomic E-state index is 0.895. The number of hydrogen-bond acceptors (Lipinski definition) is 1. The fourth-order valence-corrected chi connectivity index (χ4v) is 8.55. The quantitative estimate of drug-likeness (QED) is 0.172. The normalized spacial score (nSPS) is 11.8. The van der Waals surface area contributed by atoms with Crippen molar-refractivity contribution in [3.63, 3.8) is 0 Å². The topological polar surface area (TPSA) is 18.1 Å². The van der Waals surface area contributed by atoms with Crippen LogP contribution in [-0.4, -0.2) is 4.57 Å². The van der Waals surface area contributed by atoms with E-state index in [1.54, 1.807) is 0 Å². The lowest BCUT2D eigenvalue weighted by Gasteiger charge is -2.18. The summed E-state index contributed by atoms with van der Waals surface area (Å²) in [5, 5.41) is 9.69. The maximum absolute atomic E-state index is 6.60. The van der Waals surface area contributed by atoms with Gasteiger partial charge >= 0.3 is 0 Å². The number of aromatic nitrogens is 1. The van der Waals surface area contributed by atoms with Crippen LogP contribution in [0.1, 0.15) is 0 Å². The largest absolute Gasteiger partial charge is 0.456 e. The number of rotatable bonds is 4. The molecule has 0 aliphatic heterocycles. The SMILES string of the molecule is c1ccc(-c2ccc(-c3c4ccccc4c(-c4ccc5oc6ccc7c(c8ccccc8n7-c7ccccc7)c6c5c4)c4ccccc34)cc2)cc1. The Labute approximate surface area is 300 Å². The molecule has 9 aromatic carbocycles. The van der Waals surface area contributed by atoms with Gasteiger partial charge in [-0.05, 0) is 97.4 Å². The fraction of sp³-hybridized carbons (Fsp3) is 0. The summed E-state index contributed by atoms with van der Waals surface area (Å²) in [6.07, 6.45) is 0. The van der Waals surface area contributed by atoms with Crippen LogP contribution in [0, 0.1) is 0 Å². The molecule has 0 aliphatic carbocycles. The smallest absolute Gasteiger partial charge is 0.136 e. The molecule has 0 atom stereocenters. The van der Waals surface area contributed by atoms with Crippen molar-refractivity contribution in [1.29, 1.82) is 0 Å². The monoisotopic (exact) mass is 661 g/mol. The molecule has 0 saturated heterocycles. The molecule has 0 saturated carbocycles. The van der Waals surface area contributed by atoms with Crippen LogP contribution in [0.15, 0.2) is 192 Å². The van der Waals surface area contributed by atoms with Gasteiger partial charge in [-0.25, -0.2) is 0 Å². The Morgan fingerprint density at radius 2 is 0.808 bits per heavy atom. The third-order valence-electron chi connectivity index (χ3n) is 10.8. The van der Waals surface area contributed by atoms with E-state index >= 15 is 0 Å². The van der Waals surface area contributed by atoms with E-state index in [-0.39, 0.29) is 0 Å². The fourth-order valence-electron chi connectivity index (χ4n) is 8.55. The molecule has 0 fully saturated rings. The first kappa shape index (κ1) is 28.9. The van der Waals surface area contributed by atoms with E-state index in [1.807, 2.05) is 0 Å². The first-order chi connectivity index (χ1) is 25.8. The minimum Gasteiger partial charge on any atom is -0.456 e. The van der Waals surface area contributed by atoms with Crippen molar-refractivity contribution in [1.82, 2.24) is 4.57 Å².